The summed E-state index contributed by atoms with van der Waals surface area (Å²) in [6, 6.07) is 11.3. The average molecular weight is 523 g/mol. The second-order valence-corrected chi connectivity index (χ2v) is 10.2. The molecule has 5 nitrogen and oxygen atoms in total. The Bertz CT molecular complexity index is 927. The number of amides is 1. The molecule has 0 heterocycles. The van der Waals surface area contributed by atoms with Crippen LogP contribution >= 0.6 is 11.8 Å². The molecule has 0 aliphatic rings. The molecule has 0 aliphatic heterocycles. The summed E-state index contributed by atoms with van der Waals surface area (Å²) < 4.78 is 32.9. The zero-order chi connectivity index (χ0) is 26.5. The first kappa shape index (κ1) is 30.1. The van der Waals surface area contributed by atoms with Crippen LogP contribution in [0.4, 0.5) is 13.6 Å². The highest BCUT2D eigenvalue weighted by molar-refractivity contribution is 7.99. The van der Waals surface area contributed by atoms with Crippen LogP contribution in [0.25, 0.3) is 0 Å². The molecule has 0 radical (unpaired) electrons. The molecule has 0 saturated carbocycles. The van der Waals surface area contributed by atoms with Gasteiger partial charge in [0.15, 0.2) is 0 Å². The molecule has 0 unspecified atom stereocenters. The standard InChI is InChI=1S/C28H40F2N2O3S/c1-5-7-11-36-19-26(32(3)28(34)35-4)25(15-22-13-23(29)16-24(30)14-22)27(33)18-31-17-21-10-8-9-20(6-2)12-21/h8-10,12-14,16,25-27,31,33H,5-7,11,15,17-19H2,1-4H3/t25-,26-,27-/m1/s1. The van der Waals surface area contributed by atoms with Crippen LogP contribution in [0.3, 0.4) is 0 Å². The number of aryl methyl sites for hydroxylation is 1. The van der Waals surface area contributed by atoms with E-state index in [1.54, 1.807) is 18.8 Å². The Kier molecular flexibility index (Phi) is 13.2. The summed E-state index contributed by atoms with van der Waals surface area (Å²) in [5.74, 6) is -0.307. The molecule has 0 aromatic heterocycles. The third-order valence-electron chi connectivity index (χ3n) is 6.36. The highest BCUT2D eigenvalue weighted by Crippen LogP contribution is 2.25. The highest BCUT2D eigenvalue weighted by Gasteiger charge is 2.34. The van der Waals surface area contributed by atoms with Gasteiger partial charge in [0.2, 0.25) is 0 Å². The van der Waals surface area contributed by atoms with Crippen LogP contribution in [0.5, 0.6) is 0 Å². The lowest BCUT2D eigenvalue weighted by atomic mass is 9.87. The van der Waals surface area contributed by atoms with Crippen molar-refractivity contribution in [2.45, 2.75) is 58.2 Å². The van der Waals surface area contributed by atoms with E-state index in [-0.39, 0.29) is 13.0 Å². The number of carbonyl (C=O) groups excluding carboxylic acids is 1. The largest absolute Gasteiger partial charge is 0.453 e. The van der Waals surface area contributed by atoms with Crippen LogP contribution in [0.2, 0.25) is 0 Å². The highest BCUT2D eigenvalue weighted by atomic mass is 32.2. The number of halogens is 2. The van der Waals surface area contributed by atoms with Gasteiger partial charge in [0.1, 0.15) is 11.6 Å². The number of carbonyl (C=O) groups is 1. The lowest BCUT2D eigenvalue weighted by molar-refractivity contribution is 0.0484. The molecule has 2 rings (SSSR count). The van der Waals surface area contributed by atoms with Crippen molar-refractivity contribution in [1.82, 2.24) is 10.2 Å². The first-order valence-corrected chi connectivity index (χ1v) is 13.7. The number of hydrogen-bond donors (Lipinski definition) is 2. The molecule has 0 saturated heterocycles. The maximum atomic E-state index is 14.0. The second-order valence-electron chi connectivity index (χ2n) is 9.09. The number of benzene rings is 2. The Hall–Kier alpha value is -2.16. The summed E-state index contributed by atoms with van der Waals surface area (Å²) in [5.41, 5.74) is 2.79. The van der Waals surface area contributed by atoms with Crippen molar-refractivity contribution in [3.8, 4) is 0 Å². The van der Waals surface area contributed by atoms with Crippen molar-refractivity contribution >= 4 is 17.9 Å². The first-order chi connectivity index (χ1) is 17.3. The molecule has 0 fully saturated rings. The molecule has 36 heavy (non-hydrogen) atoms. The normalized spacial score (nSPS) is 13.8. The molecule has 2 aromatic rings. The number of nitrogens with one attached hydrogen (secondary N) is 1. The third kappa shape index (κ3) is 9.71. The molecule has 0 aliphatic carbocycles. The number of methoxy groups -OCH3 is 1. The van der Waals surface area contributed by atoms with E-state index in [0.29, 0.717) is 17.9 Å². The minimum Gasteiger partial charge on any atom is -0.453 e. The van der Waals surface area contributed by atoms with Gasteiger partial charge in [-0.3, -0.25) is 0 Å². The Balaban J connectivity index is 2.25. The van der Waals surface area contributed by atoms with Crippen LogP contribution in [-0.2, 0) is 24.1 Å². The summed E-state index contributed by atoms with van der Waals surface area (Å²) in [7, 11) is 2.96. The molecular formula is C28H40F2N2O3S. The average Bonchev–Trinajstić information content (AvgIpc) is 2.86. The number of thioether (sulfide) groups is 1. The monoisotopic (exact) mass is 522 g/mol. The second kappa shape index (κ2) is 15.8. The van der Waals surface area contributed by atoms with E-state index < -0.39 is 35.8 Å². The lowest BCUT2D eigenvalue weighted by Crippen LogP contribution is -2.50. The number of aliphatic hydroxyl groups excluding tert-OH is 1. The van der Waals surface area contributed by atoms with E-state index in [1.165, 1.54) is 29.7 Å². The summed E-state index contributed by atoms with van der Waals surface area (Å²) >= 11 is 1.70. The van der Waals surface area contributed by atoms with Crippen molar-refractivity contribution in [2.24, 2.45) is 5.92 Å². The molecule has 200 valence electrons. The summed E-state index contributed by atoms with van der Waals surface area (Å²) in [6.45, 7) is 5.07. The van der Waals surface area contributed by atoms with Crippen LogP contribution < -0.4 is 5.32 Å². The maximum Gasteiger partial charge on any atom is 0.409 e. The Labute approximate surface area is 218 Å². The number of ether oxygens (including phenoxy) is 1. The first-order valence-electron chi connectivity index (χ1n) is 12.6. The van der Waals surface area contributed by atoms with Gasteiger partial charge in [0, 0.05) is 43.9 Å². The molecular weight excluding hydrogens is 482 g/mol. The minimum atomic E-state index is -0.866. The SMILES string of the molecule is CCCCSC[C@H]([C@@H](Cc1cc(F)cc(F)c1)[C@H](O)CNCc1cccc(CC)c1)N(C)C(=O)OC. The molecule has 1 amide bonds. The van der Waals surface area contributed by atoms with Crippen LogP contribution in [0, 0.1) is 17.6 Å². The van der Waals surface area contributed by atoms with Gasteiger partial charge in [-0.1, -0.05) is 44.5 Å². The Morgan fingerprint density at radius 3 is 2.44 bits per heavy atom. The van der Waals surface area contributed by atoms with Gasteiger partial charge >= 0.3 is 6.09 Å². The smallest absolute Gasteiger partial charge is 0.409 e. The van der Waals surface area contributed by atoms with Crippen LogP contribution in [0.15, 0.2) is 42.5 Å². The number of aliphatic hydroxyl groups is 1. The fourth-order valence-corrected chi connectivity index (χ4v) is 5.63. The predicted octanol–water partition coefficient (Wildman–Crippen LogP) is 5.44. The summed E-state index contributed by atoms with van der Waals surface area (Å²) in [6.07, 6.45) is 1.88. The van der Waals surface area contributed by atoms with Gasteiger partial charge in [0.25, 0.3) is 0 Å². The molecule has 8 heteroatoms. The van der Waals surface area contributed by atoms with Gasteiger partial charge in [-0.2, -0.15) is 11.8 Å². The molecule has 0 bridgehead atoms. The Morgan fingerprint density at radius 2 is 1.81 bits per heavy atom. The Morgan fingerprint density at radius 1 is 1.11 bits per heavy atom. The van der Waals surface area contributed by atoms with Gasteiger partial charge in [-0.05, 0) is 53.8 Å². The van der Waals surface area contributed by atoms with Gasteiger partial charge in [-0.15, -0.1) is 0 Å². The fraction of sp³-hybridized carbons (Fsp3) is 0.536. The number of hydrogen-bond acceptors (Lipinski definition) is 5. The predicted molar refractivity (Wildman–Crippen MR) is 143 cm³/mol. The van der Waals surface area contributed by atoms with E-state index in [2.05, 4.69) is 31.3 Å². The zero-order valence-corrected chi connectivity index (χ0v) is 22.6. The van der Waals surface area contributed by atoms with Gasteiger partial charge in [0.05, 0.1) is 13.2 Å². The van der Waals surface area contributed by atoms with Crippen molar-refractivity contribution in [3.63, 3.8) is 0 Å². The molecule has 2 aromatic carbocycles. The summed E-state index contributed by atoms with van der Waals surface area (Å²) in [4.78, 5) is 14.0. The van der Waals surface area contributed by atoms with E-state index in [1.807, 2.05) is 12.1 Å². The van der Waals surface area contributed by atoms with Crippen molar-refractivity contribution in [1.29, 1.82) is 0 Å². The van der Waals surface area contributed by atoms with E-state index in [9.17, 15) is 18.7 Å². The number of unbranched alkanes of at least 4 members (excludes halogenated alkanes) is 1. The minimum absolute atomic E-state index is 0.211. The number of rotatable bonds is 15. The van der Waals surface area contributed by atoms with Gasteiger partial charge < -0.3 is 20.1 Å². The molecule has 0 spiro atoms. The van der Waals surface area contributed by atoms with E-state index in [0.717, 1.165) is 36.6 Å². The maximum absolute atomic E-state index is 14.0. The van der Waals surface area contributed by atoms with Crippen LogP contribution in [-0.4, -0.2) is 60.5 Å². The van der Waals surface area contributed by atoms with E-state index in [4.69, 9.17) is 4.74 Å². The molecule has 3 atom stereocenters. The van der Waals surface area contributed by atoms with Crippen molar-refractivity contribution in [2.75, 3.05) is 32.2 Å². The summed E-state index contributed by atoms with van der Waals surface area (Å²) in [5, 5.41) is 14.6. The van der Waals surface area contributed by atoms with Crippen molar-refractivity contribution < 1.29 is 23.4 Å². The topological polar surface area (TPSA) is 61.8 Å². The van der Waals surface area contributed by atoms with Crippen molar-refractivity contribution in [3.05, 3.63) is 70.8 Å². The quantitative estimate of drug-likeness (QED) is 0.305. The fourth-order valence-electron chi connectivity index (χ4n) is 4.26. The lowest BCUT2D eigenvalue weighted by Gasteiger charge is -2.36. The van der Waals surface area contributed by atoms with Gasteiger partial charge in [-0.25, -0.2) is 13.6 Å². The third-order valence-corrected chi connectivity index (χ3v) is 7.51. The number of nitrogens with zero attached hydrogens (tertiary/aromatic N) is 1. The van der Waals surface area contributed by atoms with Crippen LogP contribution in [0.1, 0.15) is 43.4 Å². The zero-order valence-electron chi connectivity index (χ0n) is 21.8. The van der Waals surface area contributed by atoms with E-state index >= 15 is 0 Å². The molecule has 2 N–H and O–H groups in total.